The Morgan fingerprint density at radius 3 is 2.78 bits per heavy atom. The molecule has 1 aromatic heterocycles. The summed E-state index contributed by atoms with van der Waals surface area (Å²) in [5.74, 6) is 5.69. The van der Waals surface area contributed by atoms with E-state index in [2.05, 4.69) is 10.4 Å². The van der Waals surface area contributed by atoms with Gasteiger partial charge < -0.3 is 0 Å². The van der Waals surface area contributed by atoms with E-state index in [1.54, 1.807) is 6.20 Å². The van der Waals surface area contributed by atoms with Crippen molar-refractivity contribution in [1.82, 2.24) is 10.4 Å². The quantitative estimate of drug-likeness (QED) is 0.536. The van der Waals surface area contributed by atoms with Crippen molar-refractivity contribution < 1.29 is 8.42 Å². The van der Waals surface area contributed by atoms with Gasteiger partial charge >= 0.3 is 0 Å². The third-order valence-electron chi connectivity index (χ3n) is 2.81. The molecular formula is C12H21N3O2S. The van der Waals surface area contributed by atoms with E-state index >= 15 is 0 Å². The number of aromatic nitrogens is 1. The van der Waals surface area contributed by atoms with Gasteiger partial charge in [-0.2, -0.15) is 0 Å². The number of nitrogens with two attached hydrogens (primary N) is 1. The molecule has 102 valence electrons. The normalized spacial score (nSPS) is 13.4. The predicted octanol–water partition coefficient (Wildman–Crippen LogP) is 0.671. The number of nitrogens with zero attached hydrogens (tertiary/aromatic N) is 1. The summed E-state index contributed by atoms with van der Waals surface area (Å²) in [6, 6.07) is 4.08. The molecule has 0 aliphatic carbocycles. The molecule has 0 saturated heterocycles. The Bertz CT molecular complexity index is 434. The Labute approximate surface area is 109 Å². The van der Waals surface area contributed by atoms with E-state index in [1.165, 1.54) is 11.8 Å². The minimum Gasteiger partial charge on any atom is -0.271 e. The molecule has 3 N–H and O–H groups in total. The lowest BCUT2D eigenvalue weighted by Gasteiger charge is -2.15. The van der Waals surface area contributed by atoms with Gasteiger partial charge in [0.05, 0.1) is 0 Å². The summed E-state index contributed by atoms with van der Waals surface area (Å²) in [5.41, 5.74) is 3.91. The molecule has 1 atom stereocenters. The maximum atomic E-state index is 11.0. The Kier molecular flexibility index (Phi) is 6.24. The third kappa shape index (κ3) is 6.68. The first-order valence-electron chi connectivity index (χ1n) is 6.04. The maximum absolute atomic E-state index is 11.0. The van der Waals surface area contributed by atoms with E-state index in [0.717, 1.165) is 19.3 Å². The van der Waals surface area contributed by atoms with Crippen LogP contribution < -0.4 is 11.3 Å². The van der Waals surface area contributed by atoms with E-state index in [0.29, 0.717) is 6.42 Å². The number of sulfone groups is 1. The molecule has 1 heterocycles. The number of hydrogen-bond donors (Lipinski definition) is 2. The zero-order valence-electron chi connectivity index (χ0n) is 10.7. The van der Waals surface area contributed by atoms with Crippen LogP contribution in [0.15, 0.2) is 24.5 Å². The maximum Gasteiger partial charge on any atom is 0.147 e. The molecule has 6 heteroatoms. The summed E-state index contributed by atoms with van der Waals surface area (Å²) in [4.78, 5) is 4.05. The van der Waals surface area contributed by atoms with Crippen LogP contribution in [0.4, 0.5) is 0 Å². The van der Waals surface area contributed by atoms with Crippen LogP contribution in [0.3, 0.4) is 0 Å². The van der Waals surface area contributed by atoms with E-state index in [-0.39, 0.29) is 11.8 Å². The summed E-state index contributed by atoms with van der Waals surface area (Å²) < 4.78 is 22.0. The van der Waals surface area contributed by atoms with Gasteiger partial charge in [0.15, 0.2) is 0 Å². The fourth-order valence-corrected chi connectivity index (χ4v) is 2.48. The number of rotatable bonds is 8. The second-order valence-electron chi connectivity index (χ2n) is 4.54. The SMILES string of the molecule is CS(=O)(=O)CCCC(CCc1cccnc1)NN. The molecule has 0 aliphatic rings. The Morgan fingerprint density at radius 1 is 1.44 bits per heavy atom. The minimum atomic E-state index is -2.87. The molecule has 1 rings (SSSR count). The standard InChI is InChI=1S/C12H21N3O2S/c1-18(16,17)9-3-5-12(15-13)7-6-11-4-2-8-14-10-11/h2,4,8,10,12,15H,3,5-7,9,13H2,1H3. The van der Waals surface area contributed by atoms with Gasteiger partial charge in [-0.3, -0.25) is 16.3 Å². The zero-order chi connectivity index (χ0) is 13.4. The van der Waals surface area contributed by atoms with Gasteiger partial charge in [-0.15, -0.1) is 0 Å². The van der Waals surface area contributed by atoms with E-state index < -0.39 is 9.84 Å². The molecular weight excluding hydrogens is 250 g/mol. The van der Waals surface area contributed by atoms with Crippen molar-refractivity contribution in [3.8, 4) is 0 Å². The first-order valence-corrected chi connectivity index (χ1v) is 8.10. The first-order chi connectivity index (χ1) is 8.51. The molecule has 1 aromatic rings. The predicted molar refractivity (Wildman–Crippen MR) is 72.6 cm³/mol. The number of hydrogen-bond acceptors (Lipinski definition) is 5. The largest absolute Gasteiger partial charge is 0.271 e. The van der Waals surface area contributed by atoms with E-state index in [4.69, 9.17) is 5.84 Å². The molecule has 1 unspecified atom stereocenters. The average molecular weight is 271 g/mol. The van der Waals surface area contributed by atoms with Crippen LogP contribution in [0.5, 0.6) is 0 Å². The smallest absolute Gasteiger partial charge is 0.147 e. The molecule has 0 amide bonds. The highest BCUT2D eigenvalue weighted by molar-refractivity contribution is 7.90. The molecule has 0 spiro atoms. The van der Waals surface area contributed by atoms with Crippen molar-refractivity contribution in [3.63, 3.8) is 0 Å². The molecule has 0 aromatic carbocycles. The Hall–Kier alpha value is -0.980. The van der Waals surface area contributed by atoms with Gasteiger partial charge in [-0.05, 0) is 37.3 Å². The summed E-state index contributed by atoms with van der Waals surface area (Å²) >= 11 is 0. The zero-order valence-corrected chi connectivity index (χ0v) is 11.5. The van der Waals surface area contributed by atoms with Gasteiger partial charge in [-0.25, -0.2) is 8.42 Å². The van der Waals surface area contributed by atoms with Crippen LogP contribution >= 0.6 is 0 Å². The van der Waals surface area contributed by atoms with Crippen molar-refractivity contribution in [2.45, 2.75) is 31.7 Å². The van der Waals surface area contributed by atoms with Crippen molar-refractivity contribution in [3.05, 3.63) is 30.1 Å². The third-order valence-corrected chi connectivity index (χ3v) is 3.84. The van der Waals surface area contributed by atoms with Crippen molar-refractivity contribution in [2.24, 2.45) is 5.84 Å². The summed E-state index contributed by atoms with van der Waals surface area (Å²) in [5, 5.41) is 0. The number of aryl methyl sites for hydroxylation is 1. The fourth-order valence-electron chi connectivity index (χ4n) is 1.79. The molecule has 0 fully saturated rings. The average Bonchev–Trinajstić information content (AvgIpc) is 2.33. The van der Waals surface area contributed by atoms with E-state index in [1.807, 2.05) is 18.3 Å². The molecule has 0 aliphatic heterocycles. The van der Waals surface area contributed by atoms with Crippen LogP contribution in [-0.4, -0.2) is 31.5 Å². The van der Waals surface area contributed by atoms with Gasteiger partial charge in [0.1, 0.15) is 9.84 Å². The van der Waals surface area contributed by atoms with Gasteiger partial charge in [0, 0.05) is 30.4 Å². The Balaban J connectivity index is 2.30. The lowest BCUT2D eigenvalue weighted by Crippen LogP contribution is -2.35. The lowest BCUT2D eigenvalue weighted by molar-refractivity contribution is 0.458. The van der Waals surface area contributed by atoms with Gasteiger partial charge in [0.25, 0.3) is 0 Å². The highest BCUT2D eigenvalue weighted by Gasteiger charge is 2.09. The highest BCUT2D eigenvalue weighted by atomic mass is 32.2. The van der Waals surface area contributed by atoms with Crippen LogP contribution in [0.2, 0.25) is 0 Å². The van der Waals surface area contributed by atoms with Crippen LogP contribution in [0, 0.1) is 0 Å². The van der Waals surface area contributed by atoms with Gasteiger partial charge in [-0.1, -0.05) is 6.07 Å². The van der Waals surface area contributed by atoms with Crippen molar-refractivity contribution in [1.29, 1.82) is 0 Å². The fraction of sp³-hybridized carbons (Fsp3) is 0.583. The van der Waals surface area contributed by atoms with E-state index in [9.17, 15) is 8.42 Å². The number of nitrogens with one attached hydrogen (secondary N) is 1. The monoisotopic (exact) mass is 271 g/mol. The second kappa shape index (κ2) is 7.45. The lowest BCUT2D eigenvalue weighted by atomic mass is 10.0. The summed E-state index contributed by atoms with van der Waals surface area (Å²) in [7, 11) is -2.87. The van der Waals surface area contributed by atoms with Crippen molar-refractivity contribution in [2.75, 3.05) is 12.0 Å². The molecule has 0 saturated carbocycles. The van der Waals surface area contributed by atoms with Crippen LogP contribution in [0.25, 0.3) is 0 Å². The minimum absolute atomic E-state index is 0.145. The molecule has 18 heavy (non-hydrogen) atoms. The second-order valence-corrected chi connectivity index (χ2v) is 6.80. The number of hydrazine groups is 1. The molecule has 0 bridgehead atoms. The van der Waals surface area contributed by atoms with Crippen LogP contribution in [0.1, 0.15) is 24.8 Å². The highest BCUT2D eigenvalue weighted by Crippen LogP contribution is 2.08. The molecule has 0 radical (unpaired) electrons. The van der Waals surface area contributed by atoms with Crippen LogP contribution in [-0.2, 0) is 16.3 Å². The molecule has 5 nitrogen and oxygen atoms in total. The first kappa shape index (κ1) is 15.1. The van der Waals surface area contributed by atoms with Crippen molar-refractivity contribution >= 4 is 9.84 Å². The Morgan fingerprint density at radius 2 is 2.22 bits per heavy atom. The van der Waals surface area contributed by atoms with Gasteiger partial charge in [0.2, 0.25) is 0 Å². The topological polar surface area (TPSA) is 85.1 Å². The number of pyridine rings is 1. The summed E-state index contributed by atoms with van der Waals surface area (Å²) in [6.45, 7) is 0. The summed E-state index contributed by atoms with van der Waals surface area (Å²) in [6.07, 6.45) is 8.02.